The maximum absolute atomic E-state index is 13.1. The molecule has 0 radical (unpaired) electrons. The van der Waals surface area contributed by atoms with E-state index in [1.165, 1.54) is 0 Å². The number of aldehydes is 2. The Balaban J connectivity index is 2.07. The predicted molar refractivity (Wildman–Crippen MR) is 117 cm³/mol. The third-order valence-corrected chi connectivity index (χ3v) is 8.46. The van der Waals surface area contributed by atoms with Gasteiger partial charge in [0, 0.05) is 24.3 Å². The number of rotatable bonds is 8. The molecule has 3 N–H and O–H groups in total. The highest BCUT2D eigenvalue weighted by atomic mass is 16.3. The lowest BCUT2D eigenvalue weighted by atomic mass is 9.64. The van der Waals surface area contributed by atoms with Gasteiger partial charge in [-0.05, 0) is 48.3 Å². The number of phenols is 3. The summed E-state index contributed by atoms with van der Waals surface area (Å²) < 4.78 is 0. The number of ketones is 2. The first-order valence-electron chi connectivity index (χ1n) is 11.1. The molecule has 0 amide bonds. The monoisotopic (exact) mass is 444 g/mol. The predicted octanol–water partition coefficient (Wildman–Crippen LogP) is 4.16. The van der Waals surface area contributed by atoms with Crippen molar-refractivity contribution in [2.75, 3.05) is 0 Å². The van der Waals surface area contributed by atoms with Gasteiger partial charge in [0.15, 0.2) is 12.6 Å². The topological polar surface area (TPSA) is 129 Å². The van der Waals surface area contributed by atoms with Crippen LogP contribution in [0.5, 0.6) is 17.2 Å². The molecular weight excluding hydrogens is 412 g/mol. The molecule has 2 aliphatic carbocycles. The zero-order chi connectivity index (χ0) is 24.2. The lowest BCUT2D eigenvalue weighted by Gasteiger charge is -2.38. The molecule has 0 heterocycles. The van der Waals surface area contributed by atoms with Crippen LogP contribution in [0.2, 0.25) is 0 Å². The van der Waals surface area contributed by atoms with Crippen molar-refractivity contribution < 1.29 is 34.5 Å². The van der Waals surface area contributed by atoms with E-state index >= 15 is 0 Å². The van der Waals surface area contributed by atoms with E-state index in [1.54, 1.807) is 13.8 Å². The Hall–Kier alpha value is -2.70. The van der Waals surface area contributed by atoms with Crippen LogP contribution in [-0.2, 0) is 9.59 Å². The molecule has 2 unspecified atom stereocenters. The van der Waals surface area contributed by atoms with Crippen molar-refractivity contribution in [2.24, 2.45) is 28.6 Å². The second-order valence-electron chi connectivity index (χ2n) is 10.4. The molecule has 7 heteroatoms. The summed E-state index contributed by atoms with van der Waals surface area (Å²) in [6, 6.07) is 0. The van der Waals surface area contributed by atoms with E-state index in [-0.39, 0.29) is 52.9 Å². The van der Waals surface area contributed by atoms with Gasteiger partial charge in [-0.15, -0.1) is 0 Å². The second kappa shape index (κ2) is 8.01. The minimum absolute atomic E-state index is 0.00654. The van der Waals surface area contributed by atoms with Crippen molar-refractivity contribution in [2.45, 2.75) is 66.2 Å². The third-order valence-electron chi connectivity index (χ3n) is 8.46. The van der Waals surface area contributed by atoms with E-state index in [9.17, 15) is 34.5 Å². The molecular formula is C25H32O7. The molecule has 1 aromatic carbocycles. The standard InChI is InChI=1S/C25H32O7/c1-12(28)6-7-16-19(24(16,3)4)20-17(29)8-9-25(20,5)13(2)18-22(31)14(10-26)21(30)15(11-27)23(18)32/h10-11,13,16,19-20,30-32H,6-9H2,1-5H3/t13?,16-,19?,20-,25-/m1/s1. The van der Waals surface area contributed by atoms with E-state index in [2.05, 4.69) is 13.8 Å². The van der Waals surface area contributed by atoms with Crippen molar-refractivity contribution >= 4 is 24.1 Å². The van der Waals surface area contributed by atoms with E-state index < -0.39 is 39.7 Å². The summed E-state index contributed by atoms with van der Waals surface area (Å²) >= 11 is 0. The molecule has 2 fully saturated rings. The molecule has 7 nitrogen and oxygen atoms in total. The highest BCUT2D eigenvalue weighted by molar-refractivity contribution is 5.95. The molecule has 0 bridgehead atoms. The van der Waals surface area contributed by atoms with Crippen LogP contribution in [0.25, 0.3) is 0 Å². The van der Waals surface area contributed by atoms with Crippen LogP contribution >= 0.6 is 0 Å². The second-order valence-corrected chi connectivity index (χ2v) is 10.4. The van der Waals surface area contributed by atoms with Gasteiger partial charge >= 0.3 is 0 Å². The van der Waals surface area contributed by atoms with Gasteiger partial charge in [-0.3, -0.25) is 14.4 Å². The van der Waals surface area contributed by atoms with E-state index in [1.807, 2.05) is 6.92 Å². The van der Waals surface area contributed by atoms with Crippen LogP contribution in [0.15, 0.2) is 0 Å². The smallest absolute Gasteiger partial charge is 0.157 e. The normalized spacial score (nSPS) is 29.5. The Morgan fingerprint density at radius 2 is 1.59 bits per heavy atom. The van der Waals surface area contributed by atoms with Crippen molar-refractivity contribution in [3.63, 3.8) is 0 Å². The lowest BCUT2D eigenvalue weighted by Crippen LogP contribution is -2.34. The van der Waals surface area contributed by atoms with Gasteiger partial charge in [0.2, 0.25) is 0 Å². The molecule has 0 aromatic heterocycles. The molecule has 0 aliphatic heterocycles. The van der Waals surface area contributed by atoms with Gasteiger partial charge in [-0.2, -0.15) is 0 Å². The molecule has 1 aromatic rings. The average Bonchev–Trinajstić information content (AvgIpc) is 3.09. The van der Waals surface area contributed by atoms with Crippen LogP contribution < -0.4 is 0 Å². The number of hydrogen-bond acceptors (Lipinski definition) is 7. The Bertz CT molecular complexity index is 957. The number of hydrogen-bond donors (Lipinski definition) is 3. The van der Waals surface area contributed by atoms with Gasteiger partial charge in [0.1, 0.15) is 28.8 Å². The molecule has 5 atom stereocenters. The first kappa shape index (κ1) is 24.0. The van der Waals surface area contributed by atoms with E-state index in [4.69, 9.17) is 0 Å². The van der Waals surface area contributed by atoms with Gasteiger partial charge < -0.3 is 20.1 Å². The number of Topliss-reactive ketones (excluding diaryl/α,β-unsaturated/α-hetero) is 2. The van der Waals surface area contributed by atoms with Crippen LogP contribution in [0, 0.1) is 28.6 Å². The Morgan fingerprint density at radius 1 is 1.06 bits per heavy atom. The summed E-state index contributed by atoms with van der Waals surface area (Å²) in [5, 5.41) is 31.6. The van der Waals surface area contributed by atoms with Crippen molar-refractivity contribution in [3.05, 3.63) is 16.7 Å². The van der Waals surface area contributed by atoms with Crippen molar-refractivity contribution in [1.29, 1.82) is 0 Å². The largest absolute Gasteiger partial charge is 0.507 e. The van der Waals surface area contributed by atoms with Crippen LogP contribution in [0.1, 0.15) is 92.5 Å². The van der Waals surface area contributed by atoms with E-state index in [0.717, 1.165) is 0 Å². The zero-order valence-electron chi connectivity index (χ0n) is 19.3. The fourth-order valence-electron chi connectivity index (χ4n) is 6.26. The van der Waals surface area contributed by atoms with Crippen molar-refractivity contribution in [1.82, 2.24) is 0 Å². The summed E-state index contributed by atoms with van der Waals surface area (Å²) in [6.45, 7) is 9.47. The average molecular weight is 445 g/mol. The van der Waals surface area contributed by atoms with E-state index in [0.29, 0.717) is 25.7 Å². The van der Waals surface area contributed by atoms with Crippen molar-refractivity contribution in [3.8, 4) is 17.2 Å². The summed E-state index contributed by atoms with van der Waals surface area (Å²) in [4.78, 5) is 47.6. The summed E-state index contributed by atoms with van der Waals surface area (Å²) in [7, 11) is 0. The zero-order valence-corrected chi connectivity index (χ0v) is 19.3. The van der Waals surface area contributed by atoms with Crippen LogP contribution in [0.4, 0.5) is 0 Å². The van der Waals surface area contributed by atoms with Gasteiger partial charge in [0.05, 0.1) is 11.1 Å². The van der Waals surface area contributed by atoms with Gasteiger partial charge in [-0.1, -0.05) is 27.7 Å². The number of aromatic hydroxyl groups is 3. The minimum Gasteiger partial charge on any atom is -0.507 e. The summed E-state index contributed by atoms with van der Waals surface area (Å²) in [5.74, 6) is -2.35. The quantitative estimate of drug-likeness (QED) is 0.513. The first-order chi connectivity index (χ1) is 14.8. The Kier molecular flexibility index (Phi) is 6.00. The van der Waals surface area contributed by atoms with Crippen LogP contribution in [0.3, 0.4) is 0 Å². The molecule has 0 spiro atoms. The maximum Gasteiger partial charge on any atom is 0.157 e. The molecule has 3 rings (SSSR count). The summed E-state index contributed by atoms with van der Waals surface area (Å²) in [5.41, 5.74) is -1.70. The number of benzene rings is 1. The Morgan fingerprint density at radius 3 is 2.06 bits per heavy atom. The Labute approximate surface area is 187 Å². The fourth-order valence-corrected chi connectivity index (χ4v) is 6.26. The molecule has 2 saturated carbocycles. The maximum atomic E-state index is 13.1. The first-order valence-corrected chi connectivity index (χ1v) is 11.1. The van der Waals surface area contributed by atoms with Gasteiger partial charge in [0.25, 0.3) is 0 Å². The minimum atomic E-state index is -0.766. The number of carbonyl (C=O) groups is 4. The summed E-state index contributed by atoms with van der Waals surface area (Å²) in [6.07, 6.45) is 2.54. The highest BCUT2D eigenvalue weighted by Crippen LogP contribution is 2.70. The molecule has 32 heavy (non-hydrogen) atoms. The molecule has 0 saturated heterocycles. The van der Waals surface area contributed by atoms with Gasteiger partial charge in [-0.25, -0.2) is 0 Å². The number of carbonyl (C=O) groups excluding carboxylic acids is 4. The fraction of sp³-hybridized carbons (Fsp3) is 0.600. The third kappa shape index (κ3) is 3.42. The highest BCUT2D eigenvalue weighted by Gasteiger charge is 2.67. The number of phenolic OH excluding ortho intramolecular Hbond substituents is 3. The SMILES string of the molecule is CC(=O)CC[C@@H]1C([C@H]2C(=O)CC[C@]2(C)C(C)c2c(O)c(C=O)c(O)c(C=O)c2O)C1(C)C. The lowest BCUT2D eigenvalue weighted by molar-refractivity contribution is -0.123. The molecule has 2 aliphatic rings. The molecule has 174 valence electrons. The van der Waals surface area contributed by atoms with Crippen LogP contribution in [-0.4, -0.2) is 39.5 Å².